The number of nitrogens with one attached hydrogen (secondary N) is 1. The summed E-state index contributed by atoms with van der Waals surface area (Å²) in [6.07, 6.45) is 3.49. The van der Waals surface area contributed by atoms with Crippen molar-refractivity contribution in [3.8, 4) is 11.3 Å². The van der Waals surface area contributed by atoms with E-state index in [0.29, 0.717) is 10.8 Å². The molecule has 0 atom stereocenters. The van der Waals surface area contributed by atoms with E-state index in [-0.39, 0.29) is 0 Å². The van der Waals surface area contributed by atoms with E-state index in [2.05, 4.69) is 34.6 Å². The van der Waals surface area contributed by atoms with Crippen LogP contribution in [0.5, 0.6) is 0 Å². The van der Waals surface area contributed by atoms with Gasteiger partial charge in [-0.1, -0.05) is 60.1 Å². The molecule has 0 unspecified atom stereocenters. The van der Waals surface area contributed by atoms with Gasteiger partial charge in [0.25, 0.3) is 0 Å². The van der Waals surface area contributed by atoms with Crippen LogP contribution in [-0.4, -0.2) is 9.97 Å². The summed E-state index contributed by atoms with van der Waals surface area (Å²) >= 11 is 6.03. The summed E-state index contributed by atoms with van der Waals surface area (Å²) in [5.41, 5.74) is 2.78. The molecule has 1 heterocycles. The Hall–Kier alpha value is -2.91. The zero-order valence-corrected chi connectivity index (χ0v) is 13.5. The number of aromatic nitrogens is 2. The van der Waals surface area contributed by atoms with E-state index >= 15 is 0 Å². The molecule has 0 aliphatic heterocycles. The van der Waals surface area contributed by atoms with Crippen LogP contribution < -0.4 is 5.32 Å². The largest absolute Gasteiger partial charge is 0.339 e. The van der Waals surface area contributed by atoms with Crippen LogP contribution >= 0.6 is 11.6 Å². The molecule has 3 aromatic carbocycles. The van der Waals surface area contributed by atoms with Crippen molar-refractivity contribution in [1.29, 1.82) is 0 Å². The Labute approximate surface area is 145 Å². The molecule has 0 amide bonds. The number of fused-ring (bicyclic) bond motifs is 1. The van der Waals surface area contributed by atoms with Crippen LogP contribution in [0.15, 0.2) is 79.1 Å². The number of benzene rings is 3. The average molecular weight is 332 g/mol. The minimum Gasteiger partial charge on any atom is -0.339 e. The Kier molecular flexibility index (Phi) is 3.85. The van der Waals surface area contributed by atoms with E-state index in [9.17, 15) is 0 Å². The summed E-state index contributed by atoms with van der Waals surface area (Å²) in [6, 6.07) is 22.0. The SMILES string of the molecule is Clc1cccc(Nc2cncc(-c3cccc4ccccc34)n2)c1. The molecule has 0 saturated heterocycles. The van der Waals surface area contributed by atoms with Gasteiger partial charge in [0.05, 0.1) is 18.1 Å². The molecular weight excluding hydrogens is 318 g/mol. The predicted octanol–water partition coefficient (Wildman–Crippen LogP) is 5.69. The van der Waals surface area contributed by atoms with Crippen LogP contribution in [0.2, 0.25) is 5.02 Å². The molecular formula is C20H14ClN3. The maximum Gasteiger partial charge on any atom is 0.149 e. The van der Waals surface area contributed by atoms with Gasteiger partial charge in [-0.2, -0.15) is 0 Å². The molecule has 1 aromatic heterocycles. The lowest BCUT2D eigenvalue weighted by atomic mass is 10.0. The molecule has 116 valence electrons. The third-order valence-electron chi connectivity index (χ3n) is 3.80. The number of nitrogens with zero attached hydrogens (tertiary/aromatic N) is 2. The second-order valence-electron chi connectivity index (χ2n) is 5.45. The van der Waals surface area contributed by atoms with Crippen molar-refractivity contribution < 1.29 is 0 Å². The lowest BCUT2D eigenvalue weighted by Gasteiger charge is -2.09. The van der Waals surface area contributed by atoms with Gasteiger partial charge < -0.3 is 5.32 Å². The normalized spacial score (nSPS) is 10.7. The second kappa shape index (κ2) is 6.30. The minimum absolute atomic E-state index is 0.679. The lowest BCUT2D eigenvalue weighted by Crippen LogP contribution is -1.96. The van der Waals surface area contributed by atoms with Gasteiger partial charge in [-0.15, -0.1) is 0 Å². The molecule has 4 aromatic rings. The van der Waals surface area contributed by atoms with Gasteiger partial charge in [-0.05, 0) is 29.0 Å². The molecule has 4 heteroatoms. The summed E-state index contributed by atoms with van der Waals surface area (Å²) < 4.78 is 0. The molecule has 0 radical (unpaired) electrons. The fourth-order valence-electron chi connectivity index (χ4n) is 2.72. The molecule has 0 spiro atoms. The van der Waals surface area contributed by atoms with Crippen molar-refractivity contribution in [2.24, 2.45) is 0 Å². The van der Waals surface area contributed by atoms with Crippen LogP contribution in [0, 0.1) is 0 Å². The van der Waals surface area contributed by atoms with Crippen LogP contribution in [0.25, 0.3) is 22.0 Å². The summed E-state index contributed by atoms with van der Waals surface area (Å²) in [5.74, 6) is 0.683. The first-order valence-electron chi connectivity index (χ1n) is 7.62. The first-order valence-corrected chi connectivity index (χ1v) is 8.00. The Morgan fingerprint density at radius 2 is 1.67 bits per heavy atom. The van der Waals surface area contributed by atoms with Crippen molar-refractivity contribution in [2.75, 3.05) is 5.32 Å². The van der Waals surface area contributed by atoms with Crippen molar-refractivity contribution >= 4 is 33.9 Å². The van der Waals surface area contributed by atoms with E-state index in [1.165, 1.54) is 5.39 Å². The molecule has 3 nitrogen and oxygen atoms in total. The molecule has 4 rings (SSSR count). The number of anilines is 2. The zero-order chi connectivity index (χ0) is 16.4. The number of rotatable bonds is 3. The van der Waals surface area contributed by atoms with E-state index in [0.717, 1.165) is 22.3 Å². The maximum atomic E-state index is 6.03. The van der Waals surface area contributed by atoms with Gasteiger partial charge in [0.2, 0.25) is 0 Å². The smallest absolute Gasteiger partial charge is 0.149 e. The Bertz CT molecular complexity index is 1010. The highest BCUT2D eigenvalue weighted by Gasteiger charge is 2.06. The first-order chi connectivity index (χ1) is 11.8. The summed E-state index contributed by atoms with van der Waals surface area (Å²) in [7, 11) is 0. The highest BCUT2D eigenvalue weighted by atomic mass is 35.5. The fourth-order valence-corrected chi connectivity index (χ4v) is 2.91. The van der Waals surface area contributed by atoms with Gasteiger partial charge in [0.15, 0.2) is 0 Å². The second-order valence-corrected chi connectivity index (χ2v) is 5.89. The number of halogens is 1. The van der Waals surface area contributed by atoms with Gasteiger partial charge in [-0.25, -0.2) is 4.98 Å². The quantitative estimate of drug-likeness (QED) is 0.523. The Balaban J connectivity index is 1.74. The highest BCUT2D eigenvalue weighted by Crippen LogP contribution is 2.28. The van der Waals surface area contributed by atoms with Gasteiger partial charge in [-0.3, -0.25) is 4.98 Å². The van der Waals surface area contributed by atoms with Crippen LogP contribution in [0.1, 0.15) is 0 Å². The van der Waals surface area contributed by atoms with Crippen LogP contribution in [-0.2, 0) is 0 Å². The monoisotopic (exact) mass is 331 g/mol. The van der Waals surface area contributed by atoms with Crippen LogP contribution in [0.3, 0.4) is 0 Å². The van der Waals surface area contributed by atoms with Gasteiger partial charge >= 0.3 is 0 Å². The maximum absolute atomic E-state index is 6.03. The molecule has 0 saturated carbocycles. The van der Waals surface area contributed by atoms with Crippen molar-refractivity contribution in [3.05, 3.63) is 84.1 Å². The van der Waals surface area contributed by atoms with Crippen molar-refractivity contribution in [2.45, 2.75) is 0 Å². The fraction of sp³-hybridized carbons (Fsp3) is 0. The van der Waals surface area contributed by atoms with E-state index in [4.69, 9.17) is 16.6 Å². The highest BCUT2D eigenvalue weighted by molar-refractivity contribution is 6.30. The number of hydrogen-bond donors (Lipinski definition) is 1. The van der Waals surface area contributed by atoms with E-state index in [1.54, 1.807) is 12.4 Å². The summed E-state index contributed by atoms with van der Waals surface area (Å²) in [5, 5.41) is 6.27. The average Bonchev–Trinajstić information content (AvgIpc) is 2.61. The van der Waals surface area contributed by atoms with Crippen molar-refractivity contribution in [1.82, 2.24) is 9.97 Å². The minimum atomic E-state index is 0.679. The molecule has 1 N–H and O–H groups in total. The molecule has 0 aliphatic rings. The summed E-state index contributed by atoms with van der Waals surface area (Å²) in [6.45, 7) is 0. The molecule has 0 fully saturated rings. The number of hydrogen-bond acceptors (Lipinski definition) is 3. The van der Waals surface area contributed by atoms with E-state index < -0.39 is 0 Å². The lowest BCUT2D eigenvalue weighted by molar-refractivity contribution is 1.20. The first kappa shape index (κ1) is 14.7. The Morgan fingerprint density at radius 1 is 0.833 bits per heavy atom. The van der Waals surface area contributed by atoms with Crippen molar-refractivity contribution in [3.63, 3.8) is 0 Å². The standard InChI is InChI=1S/C20H14ClN3/c21-15-7-4-8-16(11-15)23-20-13-22-12-19(24-20)18-10-3-6-14-5-1-2-9-17(14)18/h1-13H,(H,23,24). The van der Waals surface area contributed by atoms with Crippen LogP contribution in [0.4, 0.5) is 11.5 Å². The Morgan fingerprint density at radius 3 is 2.58 bits per heavy atom. The predicted molar refractivity (Wildman–Crippen MR) is 99.7 cm³/mol. The van der Waals surface area contributed by atoms with Gasteiger partial charge in [0.1, 0.15) is 5.82 Å². The third-order valence-corrected chi connectivity index (χ3v) is 4.03. The summed E-state index contributed by atoms with van der Waals surface area (Å²) in [4.78, 5) is 9.03. The molecule has 24 heavy (non-hydrogen) atoms. The third kappa shape index (κ3) is 2.94. The zero-order valence-electron chi connectivity index (χ0n) is 12.8. The topological polar surface area (TPSA) is 37.8 Å². The molecule has 0 aliphatic carbocycles. The molecule has 0 bridgehead atoms. The van der Waals surface area contributed by atoms with Gasteiger partial charge in [0, 0.05) is 16.3 Å². The van der Waals surface area contributed by atoms with E-state index in [1.807, 2.05) is 42.5 Å².